The van der Waals surface area contributed by atoms with Gasteiger partial charge in [0.15, 0.2) is 9.76 Å². The number of ether oxygens (including phenoxy) is 2. The molecule has 0 saturated heterocycles. The van der Waals surface area contributed by atoms with E-state index in [0.717, 1.165) is 12.8 Å². The Kier molecular flexibility index (Phi) is 10.2. The van der Waals surface area contributed by atoms with E-state index in [9.17, 15) is 0 Å². The maximum Gasteiger partial charge on any atom is 0.261 e. The van der Waals surface area contributed by atoms with Crippen LogP contribution in [0.4, 0.5) is 0 Å². The molecular weight excluding hydrogens is 186 g/mol. The Morgan fingerprint density at radius 2 is 1.69 bits per heavy atom. The lowest BCUT2D eigenvalue weighted by Gasteiger charge is -2.18. The van der Waals surface area contributed by atoms with Crippen molar-refractivity contribution in [3.63, 3.8) is 0 Å². The van der Waals surface area contributed by atoms with E-state index in [1.807, 2.05) is 0 Å². The molecule has 0 aliphatic rings. The fourth-order valence-electron chi connectivity index (χ4n) is 0.737. The zero-order valence-corrected chi connectivity index (χ0v) is 10.0. The molecule has 0 heterocycles. The summed E-state index contributed by atoms with van der Waals surface area (Å²) in [5.41, 5.74) is 5.36. The Labute approximate surface area is 82.7 Å². The molecule has 80 valence electrons. The van der Waals surface area contributed by atoms with E-state index in [1.165, 1.54) is 0 Å². The third kappa shape index (κ3) is 8.39. The minimum absolute atomic E-state index is 0.477. The van der Waals surface area contributed by atoms with Gasteiger partial charge in [0.2, 0.25) is 0 Å². The van der Waals surface area contributed by atoms with Crippen molar-refractivity contribution < 1.29 is 13.9 Å². The second-order valence-corrected chi connectivity index (χ2v) is 4.01. The first-order valence-corrected chi connectivity index (χ1v) is 6.47. The zero-order chi connectivity index (χ0) is 9.94. The molecule has 0 rings (SSSR count). The average Bonchev–Trinajstić information content (AvgIpc) is 2.17. The summed E-state index contributed by atoms with van der Waals surface area (Å²) in [5, 5.41) is 0. The predicted octanol–water partition coefficient (Wildman–Crippen LogP) is 0.140. The molecule has 0 aliphatic carbocycles. The van der Waals surface area contributed by atoms with Gasteiger partial charge >= 0.3 is 0 Å². The molecule has 0 radical (unpaired) electrons. The van der Waals surface area contributed by atoms with Crippen molar-refractivity contribution in [3.8, 4) is 0 Å². The Balaban J connectivity index is 3.47. The third-order valence-electron chi connectivity index (χ3n) is 1.29. The second-order valence-electron chi connectivity index (χ2n) is 2.69. The molecule has 0 aromatic carbocycles. The van der Waals surface area contributed by atoms with E-state index in [1.54, 1.807) is 0 Å². The summed E-state index contributed by atoms with van der Waals surface area (Å²) in [6.07, 6.45) is 2.57. The normalized spacial score (nSPS) is 12.0. The van der Waals surface area contributed by atoms with Gasteiger partial charge in [0.1, 0.15) is 0 Å². The molecule has 0 atom stereocenters. The van der Waals surface area contributed by atoms with Crippen LogP contribution in [-0.4, -0.2) is 35.6 Å². The van der Waals surface area contributed by atoms with Crippen LogP contribution in [0.1, 0.15) is 26.7 Å². The summed E-state index contributed by atoms with van der Waals surface area (Å²) in [4.78, 5) is 0. The van der Waals surface area contributed by atoms with E-state index in [4.69, 9.17) is 19.6 Å². The third-order valence-corrected chi connectivity index (χ3v) is 2.03. The molecule has 4 nitrogen and oxygen atoms in total. The van der Waals surface area contributed by atoms with E-state index in [-0.39, 0.29) is 0 Å². The van der Waals surface area contributed by atoms with Gasteiger partial charge in [-0.2, -0.15) is 0 Å². The highest BCUT2D eigenvalue weighted by atomic mass is 28.2. The second kappa shape index (κ2) is 10.1. The maximum atomic E-state index is 5.36. The zero-order valence-electron chi connectivity index (χ0n) is 8.62. The molecule has 2 N–H and O–H groups in total. The van der Waals surface area contributed by atoms with Gasteiger partial charge in [-0.25, -0.2) is 0 Å². The Bertz CT molecular complexity index is 86.4. The van der Waals surface area contributed by atoms with E-state index in [2.05, 4.69) is 13.8 Å². The first kappa shape index (κ1) is 13.1. The number of hydrogen-bond donors (Lipinski definition) is 1. The van der Waals surface area contributed by atoms with Gasteiger partial charge < -0.3 is 19.6 Å². The topological polar surface area (TPSA) is 53.7 Å². The molecule has 0 aromatic rings. The van der Waals surface area contributed by atoms with Gasteiger partial charge in [-0.15, -0.1) is 0 Å². The van der Waals surface area contributed by atoms with Crippen molar-refractivity contribution in [1.82, 2.24) is 0 Å². The highest BCUT2D eigenvalue weighted by Crippen LogP contribution is 1.98. The first-order valence-electron chi connectivity index (χ1n) is 4.90. The van der Waals surface area contributed by atoms with E-state index >= 15 is 0 Å². The molecule has 0 spiro atoms. The number of nitrogens with two attached hydrogens (primary N) is 1. The molecule has 0 fully saturated rings. The van der Waals surface area contributed by atoms with E-state index in [0.29, 0.717) is 19.4 Å². The molecular formula is C8H21NO3Si. The van der Waals surface area contributed by atoms with Crippen molar-refractivity contribution in [3.05, 3.63) is 0 Å². The lowest BCUT2D eigenvalue weighted by Crippen LogP contribution is -2.27. The van der Waals surface area contributed by atoms with Crippen LogP contribution in [0.2, 0.25) is 0 Å². The summed E-state index contributed by atoms with van der Waals surface area (Å²) in [6.45, 7) is 4.98. The van der Waals surface area contributed by atoms with Crippen LogP contribution >= 0.6 is 0 Å². The largest absolute Gasteiger partial charge is 0.377 e. The predicted molar refractivity (Wildman–Crippen MR) is 55.0 cm³/mol. The van der Waals surface area contributed by atoms with Crippen LogP contribution in [0.5, 0.6) is 0 Å². The van der Waals surface area contributed by atoms with Crippen molar-refractivity contribution in [2.75, 3.05) is 19.4 Å². The van der Waals surface area contributed by atoms with Crippen LogP contribution in [0.3, 0.4) is 0 Å². The summed E-state index contributed by atoms with van der Waals surface area (Å²) in [7, 11) is -0.654. The monoisotopic (exact) mass is 207 g/mol. The summed E-state index contributed by atoms with van der Waals surface area (Å²) >= 11 is 0. The summed E-state index contributed by atoms with van der Waals surface area (Å²) < 4.78 is 16.0. The fraction of sp³-hybridized carbons (Fsp3) is 1.00. The van der Waals surface area contributed by atoms with Crippen LogP contribution in [-0.2, 0) is 13.9 Å². The summed E-state index contributed by atoms with van der Waals surface area (Å²) in [6, 6.07) is 0. The standard InChI is InChI=1S/C8H21NO3Si/c1-3-5-10-8(11-6-4-2)12-13-7-9/h8H,3-7,9,13H2,1-2H3. The van der Waals surface area contributed by atoms with Crippen molar-refractivity contribution in [1.29, 1.82) is 0 Å². The first-order chi connectivity index (χ1) is 6.35. The Hall–Kier alpha value is 0.0569. The van der Waals surface area contributed by atoms with Crippen molar-refractivity contribution in [2.45, 2.75) is 33.2 Å². The molecule has 5 heteroatoms. The molecule has 0 bridgehead atoms. The average molecular weight is 207 g/mol. The number of rotatable bonds is 9. The summed E-state index contributed by atoms with van der Waals surface area (Å²) in [5.74, 6) is 0. The molecule has 0 aliphatic heterocycles. The lowest BCUT2D eigenvalue weighted by molar-refractivity contribution is -0.247. The Morgan fingerprint density at radius 3 is 2.08 bits per heavy atom. The SMILES string of the molecule is CCCOC(OCCC)O[SiH2]CN. The lowest BCUT2D eigenvalue weighted by atomic mass is 10.5. The van der Waals surface area contributed by atoms with Crippen LogP contribution in [0.15, 0.2) is 0 Å². The van der Waals surface area contributed by atoms with Gasteiger partial charge in [0, 0.05) is 6.17 Å². The van der Waals surface area contributed by atoms with E-state index < -0.39 is 16.2 Å². The van der Waals surface area contributed by atoms with Gasteiger partial charge in [-0.3, -0.25) is 0 Å². The molecule has 0 amide bonds. The maximum absolute atomic E-state index is 5.36. The quantitative estimate of drug-likeness (QED) is 0.432. The van der Waals surface area contributed by atoms with Crippen molar-refractivity contribution in [2.24, 2.45) is 5.73 Å². The fourth-order valence-corrected chi connectivity index (χ4v) is 1.26. The highest BCUT2D eigenvalue weighted by Gasteiger charge is 2.07. The molecule has 0 aromatic heterocycles. The minimum atomic E-state index is -0.654. The smallest absolute Gasteiger partial charge is 0.261 e. The number of hydrogen-bond acceptors (Lipinski definition) is 4. The molecule has 13 heavy (non-hydrogen) atoms. The van der Waals surface area contributed by atoms with Crippen LogP contribution in [0.25, 0.3) is 0 Å². The van der Waals surface area contributed by atoms with Crippen molar-refractivity contribution >= 4 is 9.76 Å². The van der Waals surface area contributed by atoms with Crippen LogP contribution in [0, 0.1) is 0 Å². The van der Waals surface area contributed by atoms with Gasteiger partial charge in [-0.05, 0) is 12.8 Å². The highest BCUT2D eigenvalue weighted by molar-refractivity contribution is 6.27. The molecule has 0 unspecified atom stereocenters. The van der Waals surface area contributed by atoms with Gasteiger partial charge in [0.05, 0.1) is 13.2 Å². The molecule has 0 saturated carbocycles. The minimum Gasteiger partial charge on any atom is -0.377 e. The Morgan fingerprint density at radius 1 is 1.15 bits per heavy atom. The van der Waals surface area contributed by atoms with Crippen LogP contribution < -0.4 is 5.73 Å². The van der Waals surface area contributed by atoms with Gasteiger partial charge in [-0.1, -0.05) is 13.8 Å². The van der Waals surface area contributed by atoms with Gasteiger partial charge in [0.25, 0.3) is 6.48 Å².